The number of carbonyl (C=O) groups is 1. The van der Waals surface area contributed by atoms with Gasteiger partial charge in [-0.1, -0.05) is 11.6 Å². The first-order valence-corrected chi connectivity index (χ1v) is 13.4. The molecule has 0 fully saturated rings. The summed E-state index contributed by atoms with van der Waals surface area (Å²) in [5.74, 6) is -0.414. The molecule has 0 saturated heterocycles. The molecule has 0 aliphatic rings. The highest BCUT2D eigenvalue weighted by Gasteiger charge is 2.33. The first-order chi connectivity index (χ1) is 17.2. The number of benzene rings is 3. The van der Waals surface area contributed by atoms with Crippen molar-refractivity contribution in [2.45, 2.75) is 16.0 Å². The zero-order valence-corrected chi connectivity index (χ0v) is 21.4. The van der Waals surface area contributed by atoms with E-state index in [0.29, 0.717) is 6.07 Å². The summed E-state index contributed by atoms with van der Waals surface area (Å²) in [6, 6.07) is 10.6. The third kappa shape index (κ3) is 6.45. The minimum atomic E-state index is -4.79. The van der Waals surface area contributed by atoms with Crippen molar-refractivity contribution in [3.8, 4) is 5.75 Å². The van der Waals surface area contributed by atoms with E-state index in [1.807, 2.05) is 4.72 Å². The average Bonchev–Trinajstić information content (AvgIpc) is 2.83. The second-order valence-corrected chi connectivity index (χ2v) is 11.1. The maximum absolute atomic E-state index is 13.1. The molecule has 0 aromatic heterocycles. The van der Waals surface area contributed by atoms with E-state index in [4.69, 9.17) is 16.3 Å². The van der Waals surface area contributed by atoms with E-state index in [1.165, 1.54) is 26.3 Å². The summed E-state index contributed by atoms with van der Waals surface area (Å²) < 4.78 is 99.4. The Labute approximate surface area is 215 Å². The smallest absolute Gasteiger partial charge is 0.417 e. The van der Waals surface area contributed by atoms with Crippen molar-refractivity contribution in [1.29, 1.82) is 0 Å². The normalized spacial score (nSPS) is 12.1. The summed E-state index contributed by atoms with van der Waals surface area (Å²) in [6.45, 7) is 0. The van der Waals surface area contributed by atoms with Crippen molar-refractivity contribution in [2.24, 2.45) is 0 Å². The monoisotopic (exact) mass is 577 g/mol. The number of sulfonamides is 2. The van der Waals surface area contributed by atoms with Crippen LogP contribution in [-0.4, -0.2) is 36.9 Å². The standard InChI is InChI=1S/C22H19ClF3N3O6S2/c1-27-21(30)17-12-16(8-10-20(17)35-2)37(33,34)28-13-3-6-15(7-4-13)36(31,32)29-14-5-9-19(23)18(11-14)22(24,25)26/h3-12,28-29H,1-2H3,(H,27,30). The highest BCUT2D eigenvalue weighted by molar-refractivity contribution is 7.93. The van der Waals surface area contributed by atoms with E-state index in [9.17, 15) is 34.8 Å². The molecular weight excluding hydrogens is 559 g/mol. The van der Waals surface area contributed by atoms with Gasteiger partial charge in [0, 0.05) is 18.4 Å². The van der Waals surface area contributed by atoms with Gasteiger partial charge in [0.15, 0.2) is 0 Å². The minimum Gasteiger partial charge on any atom is -0.496 e. The molecular formula is C22H19ClF3N3O6S2. The molecule has 9 nitrogen and oxygen atoms in total. The Hall–Kier alpha value is -3.49. The lowest BCUT2D eigenvalue weighted by Gasteiger charge is -2.14. The van der Waals surface area contributed by atoms with Gasteiger partial charge in [-0.2, -0.15) is 13.2 Å². The Morgan fingerprint density at radius 1 is 0.838 bits per heavy atom. The molecule has 3 aromatic carbocycles. The van der Waals surface area contributed by atoms with E-state index in [-0.39, 0.29) is 32.5 Å². The van der Waals surface area contributed by atoms with Crippen molar-refractivity contribution >= 4 is 48.9 Å². The summed E-state index contributed by atoms with van der Waals surface area (Å²) in [5.41, 5.74) is -1.61. The Bertz CT molecular complexity index is 1540. The van der Waals surface area contributed by atoms with Crippen LogP contribution < -0.4 is 19.5 Å². The molecule has 0 aliphatic carbocycles. The number of amides is 1. The molecule has 0 radical (unpaired) electrons. The molecule has 37 heavy (non-hydrogen) atoms. The van der Waals surface area contributed by atoms with Gasteiger partial charge in [-0.25, -0.2) is 16.8 Å². The van der Waals surface area contributed by atoms with Gasteiger partial charge < -0.3 is 10.1 Å². The fraction of sp³-hybridized carbons (Fsp3) is 0.136. The molecule has 15 heteroatoms. The van der Waals surface area contributed by atoms with Crippen LogP contribution in [0.15, 0.2) is 70.5 Å². The predicted molar refractivity (Wildman–Crippen MR) is 131 cm³/mol. The van der Waals surface area contributed by atoms with E-state index >= 15 is 0 Å². The molecule has 1 amide bonds. The SMILES string of the molecule is CNC(=O)c1cc(S(=O)(=O)Nc2ccc(S(=O)(=O)Nc3ccc(Cl)c(C(F)(F)F)c3)cc2)ccc1OC. The van der Waals surface area contributed by atoms with Crippen LogP contribution >= 0.6 is 11.6 Å². The summed E-state index contributed by atoms with van der Waals surface area (Å²) in [4.78, 5) is 11.4. The molecule has 0 spiro atoms. The summed E-state index contributed by atoms with van der Waals surface area (Å²) in [6.07, 6.45) is -4.79. The number of methoxy groups -OCH3 is 1. The molecule has 3 rings (SSSR count). The highest BCUT2D eigenvalue weighted by Crippen LogP contribution is 2.36. The van der Waals surface area contributed by atoms with Crippen LogP contribution in [0.25, 0.3) is 0 Å². The molecule has 0 aliphatic heterocycles. The van der Waals surface area contributed by atoms with Gasteiger partial charge in [0.25, 0.3) is 26.0 Å². The Balaban J connectivity index is 1.83. The second kappa shape index (κ2) is 10.5. The number of alkyl halides is 3. The Kier molecular flexibility index (Phi) is 7.95. The first kappa shape index (κ1) is 28.1. The van der Waals surface area contributed by atoms with Crippen LogP contribution in [0.3, 0.4) is 0 Å². The van der Waals surface area contributed by atoms with Crippen LogP contribution in [-0.2, 0) is 26.2 Å². The fourth-order valence-corrected chi connectivity index (χ4v) is 5.46. The zero-order chi connectivity index (χ0) is 27.6. The van der Waals surface area contributed by atoms with Crippen molar-refractivity contribution in [3.05, 3.63) is 76.8 Å². The lowest BCUT2D eigenvalue weighted by Crippen LogP contribution is -2.20. The van der Waals surface area contributed by atoms with E-state index in [1.54, 1.807) is 0 Å². The number of rotatable bonds is 8. The topological polar surface area (TPSA) is 131 Å². The van der Waals surface area contributed by atoms with Crippen molar-refractivity contribution in [3.63, 3.8) is 0 Å². The lowest BCUT2D eigenvalue weighted by molar-refractivity contribution is -0.137. The average molecular weight is 578 g/mol. The van der Waals surface area contributed by atoms with Crippen LogP contribution in [0.5, 0.6) is 5.75 Å². The van der Waals surface area contributed by atoms with Crippen molar-refractivity contribution in [1.82, 2.24) is 5.32 Å². The molecule has 0 saturated carbocycles. The largest absolute Gasteiger partial charge is 0.496 e. The number of hydrogen-bond acceptors (Lipinski definition) is 6. The summed E-state index contributed by atoms with van der Waals surface area (Å²) in [7, 11) is -5.83. The highest BCUT2D eigenvalue weighted by atomic mass is 35.5. The van der Waals surface area contributed by atoms with E-state index < -0.39 is 42.7 Å². The fourth-order valence-electron chi connectivity index (χ4n) is 3.10. The number of carbonyl (C=O) groups excluding carboxylic acids is 1. The number of hydrogen-bond donors (Lipinski definition) is 3. The van der Waals surface area contributed by atoms with Gasteiger partial charge in [0.2, 0.25) is 0 Å². The van der Waals surface area contributed by atoms with Gasteiger partial charge in [0.1, 0.15) is 5.75 Å². The third-order valence-electron chi connectivity index (χ3n) is 4.89. The van der Waals surface area contributed by atoms with Crippen molar-refractivity contribution in [2.75, 3.05) is 23.6 Å². The van der Waals surface area contributed by atoms with Crippen LogP contribution in [0.1, 0.15) is 15.9 Å². The second-order valence-electron chi connectivity index (χ2n) is 7.37. The number of halogens is 4. The maximum atomic E-state index is 13.1. The third-order valence-corrected chi connectivity index (χ3v) is 8.00. The van der Waals surface area contributed by atoms with Gasteiger partial charge >= 0.3 is 6.18 Å². The van der Waals surface area contributed by atoms with E-state index in [2.05, 4.69) is 10.0 Å². The van der Waals surface area contributed by atoms with E-state index in [0.717, 1.165) is 42.5 Å². The zero-order valence-electron chi connectivity index (χ0n) is 19.1. The van der Waals surface area contributed by atoms with Crippen LogP contribution in [0, 0.1) is 0 Å². The van der Waals surface area contributed by atoms with Gasteiger partial charge in [-0.05, 0) is 60.7 Å². The van der Waals surface area contributed by atoms with Gasteiger partial charge in [-0.3, -0.25) is 14.2 Å². The first-order valence-electron chi connectivity index (χ1n) is 10.1. The Morgan fingerprint density at radius 2 is 1.38 bits per heavy atom. The number of ether oxygens (including phenoxy) is 1. The molecule has 3 N–H and O–H groups in total. The maximum Gasteiger partial charge on any atom is 0.417 e. The molecule has 0 unspecified atom stereocenters. The van der Waals surface area contributed by atoms with Gasteiger partial charge in [0.05, 0.1) is 33.1 Å². The van der Waals surface area contributed by atoms with Gasteiger partial charge in [-0.15, -0.1) is 0 Å². The Morgan fingerprint density at radius 3 is 1.95 bits per heavy atom. The molecule has 0 bridgehead atoms. The lowest BCUT2D eigenvalue weighted by atomic mass is 10.2. The summed E-state index contributed by atoms with van der Waals surface area (Å²) in [5, 5.41) is 1.78. The van der Waals surface area contributed by atoms with Crippen LogP contribution in [0.4, 0.5) is 24.5 Å². The molecule has 0 atom stereocenters. The summed E-state index contributed by atoms with van der Waals surface area (Å²) >= 11 is 5.55. The number of anilines is 2. The molecule has 3 aromatic rings. The molecule has 198 valence electrons. The molecule has 0 heterocycles. The van der Waals surface area contributed by atoms with Crippen molar-refractivity contribution < 1.29 is 39.5 Å². The number of nitrogens with one attached hydrogen (secondary N) is 3. The predicted octanol–water partition coefficient (Wildman–Crippen LogP) is 4.33. The minimum absolute atomic E-state index is 0.0119. The van der Waals surface area contributed by atoms with Crippen LogP contribution in [0.2, 0.25) is 5.02 Å². The quantitative estimate of drug-likeness (QED) is 0.365.